The highest BCUT2D eigenvalue weighted by molar-refractivity contribution is 8.13. The van der Waals surface area contributed by atoms with Crippen LogP contribution in [0.25, 0.3) is 0 Å². The van der Waals surface area contributed by atoms with E-state index in [2.05, 4.69) is 11.2 Å². The Hall–Kier alpha value is -1.58. The second-order valence-electron chi connectivity index (χ2n) is 4.06. The first-order chi connectivity index (χ1) is 9.29. The standard InChI is InChI=1S/C13H13ClFNO3S/c1-3-5-9(4-2)16-13(17)11-7-6-10(8-12(11)15)20(14,18)19/h2,6-9H,3,5H2,1H3,(H,16,17). The molecule has 0 bridgehead atoms. The lowest BCUT2D eigenvalue weighted by Gasteiger charge is -2.12. The molecule has 0 radical (unpaired) electrons. The lowest BCUT2D eigenvalue weighted by atomic mass is 10.1. The van der Waals surface area contributed by atoms with Crippen LogP contribution in [0.5, 0.6) is 0 Å². The van der Waals surface area contributed by atoms with Crippen molar-refractivity contribution >= 4 is 25.6 Å². The first-order valence-corrected chi connectivity index (χ1v) is 8.11. The van der Waals surface area contributed by atoms with Gasteiger partial charge < -0.3 is 5.32 Å². The van der Waals surface area contributed by atoms with Crippen molar-refractivity contribution < 1.29 is 17.6 Å². The minimum absolute atomic E-state index is 0.287. The normalized spacial score (nSPS) is 12.5. The molecule has 1 atom stereocenters. The Bertz CT molecular complexity index is 652. The van der Waals surface area contributed by atoms with Crippen molar-refractivity contribution in [2.45, 2.75) is 30.7 Å². The quantitative estimate of drug-likeness (QED) is 0.669. The maximum absolute atomic E-state index is 13.7. The van der Waals surface area contributed by atoms with Gasteiger partial charge in [0.1, 0.15) is 5.82 Å². The molecule has 7 heteroatoms. The number of carbonyl (C=O) groups excluding carboxylic acids is 1. The van der Waals surface area contributed by atoms with Crippen molar-refractivity contribution in [1.29, 1.82) is 0 Å². The molecule has 1 amide bonds. The highest BCUT2D eigenvalue weighted by Gasteiger charge is 2.18. The molecular formula is C13H13ClFNO3S. The van der Waals surface area contributed by atoms with Crippen LogP contribution in [-0.2, 0) is 9.05 Å². The van der Waals surface area contributed by atoms with Gasteiger partial charge in [0.15, 0.2) is 0 Å². The summed E-state index contributed by atoms with van der Waals surface area (Å²) in [6.07, 6.45) is 6.58. The van der Waals surface area contributed by atoms with E-state index in [1.165, 1.54) is 0 Å². The molecule has 0 spiro atoms. The number of terminal acetylenes is 1. The van der Waals surface area contributed by atoms with E-state index < -0.39 is 31.7 Å². The van der Waals surface area contributed by atoms with Crippen LogP contribution in [0.1, 0.15) is 30.1 Å². The fourth-order valence-corrected chi connectivity index (χ4v) is 2.32. The molecule has 20 heavy (non-hydrogen) atoms. The van der Waals surface area contributed by atoms with Gasteiger partial charge in [0.2, 0.25) is 0 Å². The van der Waals surface area contributed by atoms with Crippen LogP contribution in [0.15, 0.2) is 23.1 Å². The highest BCUT2D eigenvalue weighted by atomic mass is 35.7. The van der Waals surface area contributed by atoms with Gasteiger partial charge in [-0.2, -0.15) is 0 Å². The van der Waals surface area contributed by atoms with Gasteiger partial charge in [-0.15, -0.1) is 6.42 Å². The fourth-order valence-electron chi connectivity index (χ4n) is 1.55. The van der Waals surface area contributed by atoms with E-state index in [0.717, 1.165) is 18.6 Å². The van der Waals surface area contributed by atoms with Crippen LogP contribution >= 0.6 is 10.7 Å². The zero-order chi connectivity index (χ0) is 15.3. The largest absolute Gasteiger partial charge is 0.338 e. The van der Waals surface area contributed by atoms with E-state index in [-0.39, 0.29) is 5.56 Å². The molecule has 1 aromatic carbocycles. The summed E-state index contributed by atoms with van der Waals surface area (Å²) in [6.45, 7) is 1.90. The summed E-state index contributed by atoms with van der Waals surface area (Å²) in [4.78, 5) is 11.4. The van der Waals surface area contributed by atoms with Crippen molar-refractivity contribution in [3.63, 3.8) is 0 Å². The molecule has 0 aromatic heterocycles. The number of nitrogens with one attached hydrogen (secondary N) is 1. The van der Waals surface area contributed by atoms with Gasteiger partial charge in [0, 0.05) is 10.7 Å². The molecule has 0 saturated heterocycles. The Kier molecular flexibility index (Phi) is 5.54. The van der Waals surface area contributed by atoms with Crippen molar-refractivity contribution in [2.75, 3.05) is 0 Å². The van der Waals surface area contributed by atoms with Gasteiger partial charge in [-0.25, -0.2) is 12.8 Å². The minimum atomic E-state index is -4.04. The van der Waals surface area contributed by atoms with Gasteiger partial charge in [-0.05, 0) is 24.6 Å². The average Bonchev–Trinajstić information content (AvgIpc) is 2.36. The SMILES string of the molecule is C#CC(CCC)NC(=O)c1ccc(S(=O)(=O)Cl)cc1F. The van der Waals surface area contributed by atoms with E-state index in [0.29, 0.717) is 12.5 Å². The molecule has 1 aromatic rings. The van der Waals surface area contributed by atoms with E-state index in [9.17, 15) is 17.6 Å². The summed E-state index contributed by atoms with van der Waals surface area (Å²) in [7, 11) is 1.05. The summed E-state index contributed by atoms with van der Waals surface area (Å²) >= 11 is 0. The summed E-state index contributed by atoms with van der Waals surface area (Å²) in [5.41, 5.74) is -0.287. The van der Waals surface area contributed by atoms with Gasteiger partial charge in [-0.1, -0.05) is 19.3 Å². The Morgan fingerprint density at radius 1 is 1.55 bits per heavy atom. The van der Waals surface area contributed by atoms with Gasteiger partial charge >= 0.3 is 0 Å². The average molecular weight is 318 g/mol. The van der Waals surface area contributed by atoms with Crippen LogP contribution in [0.3, 0.4) is 0 Å². The van der Waals surface area contributed by atoms with Crippen LogP contribution in [0, 0.1) is 18.2 Å². The van der Waals surface area contributed by atoms with Crippen molar-refractivity contribution in [3.8, 4) is 12.3 Å². The molecule has 4 nitrogen and oxygen atoms in total. The van der Waals surface area contributed by atoms with E-state index in [1.807, 2.05) is 6.92 Å². The third-order valence-corrected chi connectivity index (χ3v) is 3.90. The lowest BCUT2D eigenvalue weighted by molar-refractivity contribution is 0.0940. The van der Waals surface area contributed by atoms with E-state index >= 15 is 0 Å². The monoisotopic (exact) mass is 317 g/mol. The predicted octanol–water partition coefficient (Wildman–Crippen LogP) is 2.28. The first-order valence-electron chi connectivity index (χ1n) is 5.80. The van der Waals surface area contributed by atoms with Crippen LogP contribution in [0.2, 0.25) is 0 Å². The second-order valence-corrected chi connectivity index (χ2v) is 6.63. The van der Waals surface area contributed by atoms with Crippen molar-refractivity contribution in [2.24, 2.45) is 0 Å². The topological polar surface area (TPSA) is 63.2 Å². The summed E-state index contributed by atoms with van der Waals surface area (Å²) in [5.74, 6) is 0.715. The Balaban J connectivity index is 2.98. The highest BCUT2D eigenvalue weighted by Crippen LogP contribution is 2.18. The molecule has 0 aliphatic carbocycles. The van der Waals surface area contributed by atoms with Crippen LogP contribution in [-0.4, -0.2) is 20.4 Å². The minimum Gasteiger partial charge on any atom is -0.338 e. The smallest absolute Gasteiger partial charge is 0.261 e. The van der Waals surface area contributed by atoms with Crippen molar-refractivity contribution in [1.82, 2.24) is 5.32 Å². The molecule has 108 valence electrons. The van der Waals surface area contributed by atoms with Crippen LogP contribution in [0.4, 0.5) is 4.39 Å². The molecule has 0 heterocycles. The number of amides is 1. The summed E-state index contributed by atoms with van der Waals surface area (Å²) in [6, 6.07) is 2.32. The number of rotatable bonds is 5. The number of benzene rings is 1. The lowest BCUT2D eigenvalue weighted by Crippen LogP contribution is -2.34. The number of carbonyl (C=O) groups is 1. The Morgan fingerprint density at radius 2 is 2.20 bits per heavy atom. The third kappa shape index (κ3) is 4.22. The first kappa shape index (κ1) is 16.5. The Labute approximate surface area is 121 Å². The molecule has 0 fully saturated rings. The van der Waals surface area contributed by atoms with E-state index in [4.69, 9.17) is 17.1 Å². The van der Waals surface area contributed by atoms with Gasteiger partial charge in [-0.3, -0.25) is 4.79 Å². The van der Waals surface area contributed by atoms with Gasteiger partial charge in [0.25, 0.3) is 15.0 Å². The predicted molar refractivity (Wildman–Crippen MR) is 74.4 cm³/mol. The molecule has 1 N–H and O–H groups in total. The molecule has 1 unspecified atom stereocenters. The fraction of sp³-hybridized carbons (Fsp3) is 0.308. The number of hydrogen-bond donors (Lipinski definition) is 1. The third-order valence-electron chi connectivity index (χ3n) is 2.55. The van der Waals surface area contributed by atoms with E-state index in [1.54, 1.807) is 0 Å². The molecular weight excluding hydrogens is 305 g/mol. The van der Waals surface area contributed by atoms with Crippen molar-refractivity contribution in [3.05, 3.63) is 29.6 Å². The number of hydrogen-bond acceptors (Lipinski definition) is 3. The Morgan fingerprint density at radius 3 is 2.65 bits per heavy atom. The maximum atomic E-state index is 13.7. The number of halogens is 2. The zero-order valence-corrected chi connectivity index (χ0v) is 12.3. The van der Waals surface area contributed by atoms with Crippen LogP contribution < -0.4 is 5.32 Å². The maximum Gasteiger partial charge on any atom is 0.261 e. The second kappa shape index (κ2) is 6.73. The summed E-state index contributed by atoms with van der Waals surface area (Å²) < 4.78 is 35.8. The molecule has 0 aliphatic heterocycles. The summed E-state index contributed by atoms with van der Waals surface area (Å²) in [5, 5.41) is 2.49. The van der Waals surface area contributed by atoms with Gasteiger partial charge in [0.05, 0.1) is 16.5 Å². The molecule has 0 aliphatic rings. The molecule has 0 saturated carbocycles. The zero-order valence-electron chi connectivity index (χ0n) is 10.7. The molecule has 1 rings (SSSR count).